The lowest BCUT2D eigenvalue weighted by atomic mass is 10.0. The Hall–Kier alpha value is -5.45. The van der Waals surface area contributed by atoms with E-state index in [0.717, 1.165) is 27.5 Å². The van der Waals surface area contributed by atoms with Crippen LogP contribution in [0.5, 0.6) is 0 Å². The topological polar surface area (TPSA) is 156 Å². The van der Waals surface area contributed by atoms with Crippen molar-refractivity contribution in [1.82, 2.24) is 0 Å². The molecule has 0 heterocycles. The van der Waals surface area contributed by atoms with Gasteiger partial charge in [-0.3, -0.25) is 4.55 Å². The lowest BCUT2D eigenvalue weighted by molar-refractivity contribution is 0.484. The fourth-order valence-corrected chi connectivity index (χ4v) is 5.67. The molecule has 0 saturated carbocycles. The summed E-state index contributed by atoms with van der Waals surface area (Å²) in [7, 11) is -4.50. The summed E-state index contributed by atoms with van der Waals surface area (Å²) < 4.78 is 33.7. The molecule has 5 N–H and O–H groups in total. The zero-order chi connectivity index (χ0) is 30.1. The molecule has 0 radical (unpaired) electrons. The van der Waals surface area contributed by atoms with Crippen LogP contribution < -0.4 is 11.5 Å². The molecular weight excluding hydrogens is 560 g/mol. The fourth-order valence-electron chi connectivity index (χ4n) is 4.95. The van der Waals surface area contributed by atoms with E-state index in [9.17, 15) is 13.0 Å². The number of nitrogens with two attached hydrogens (primary N) is 2. The molecule has 0 saturated heterocycles. The molecular formula is C33H26N6O3S. The number of benzene rings is 6. The summed E-state index contributed by atoms with van der Waals surface area (Å²) in [6.07, 6.45) is 0. The van der Waals surface area contributed by atoms with Gasteiger partial charge in [0.1, 0.15) is 16.3 Å². The van der Waals surface area contributed by atoms with Crippen LogP contribution in [0.15, 0.2) is 135 Å². The molecule has 10 heteroatoms. The van der Waals surface area contributed by atoms with E-state index in [4.69, 9.17) is 11.5 Å². The molecule has 0 atom stereocenters. The van der Waals surface area contributed by atoms with Crippen LogP contribution in [-0.2, 0) is 10.1 Å². The molecule has 0 aromatic heterocycles. The van der Waals surface area contributed by atoms with E-state index in [1.807, 2.05) is 73.7 Å². The SMILES string of the molecule is Cc1cc(N=Nc2ccc(-c3ccc(N=Nc4cc(S(=O)(=O)O)c5ccccc5c4N)cc3)cc2)c(N)c2ccccc12. The van der Waals surface area contributed by atoms with Gasteiger partial charge in [-0.2, -0.15) is 18.6 Å². The van der Waals surface area contributed by atoms with Crippen molar-refractivity contribution in [1.29, 1.82) is 0 Å². The standard InChI is InChI=1S/C33H26N6O3S/c1-20-18-29(32(34)27-8-4-2-6-25(20)27)38-36-23-14-10-21(11-15-23)22-12-16-24(17-13-22)37-39-30-19-31(43(40,41)42)26-7-3-5-9-28(26)33(30)35/h2-19H,34-35H2,1H3,(H,40,41,42). The van der Waals surface area contributed by atoms with Crippen molar-refractivity contribution in [3.8, 4) is 11.1 Å². The van der Waals surface area contributed by atoms with E-state index in [-0.39, 0.29) is 16.3 Å². The third-order valence-corrected chi connectivity index (χ3v) is 8.08. The Balaban J connectivity index is 1.20. The summed E-state index contributed by atoms with van der Waals surface area (Å²) in [5.41, 5.74) is 18.5. The maximum atomic E-state index is 12.0. The van der Waals surface area contributed by atoms with E-state index in [2.05, 4.69) is 20.5 Å². The van der Waals surface area contributed by atoms with E-state index in [0.29, 0.717) is 33.5 Å². The molecule has 0 spiro atoms. The molecule has 9 nitrogen and oxygen atoms in total. The van der Waals surface area contributed by atoms with Gasteiger partial charge >= 0.3 is 0 Å². The highest BCUT2D eigenvalue weighted by Gasteiger charge is 2.18. The summed E-state index contributed by atoms with van der Waals surface area (Å²) in [5.74, 6) is 0. The van der Waals surface area contributed by atoms with E-state index in [1.165, 1.54) is 6.07 Å². The smallest absolute Gasteiger partial charge is 0.295 e. The highest BCUT2D eigenvalue weighted by molar-refractivity contribution is 7.86. The first kappa shape index (κ1) is 27.7. The van der Waals surface area contributed by atoms with Crippen LogP contribution in [0.25, 0.3) is 32.7 Å². The highest BCUT2D eigenvalue weighted by atomic mass is 32.2. The fraction of sp³-hybridized carbons (Fsp3) is 0.0303. The number of nitrogens with zero attached hydrogens (tertiary/aromatic N) is 4. The number of anilines is 2. The average Bonchev–Trinajstić information content (AvgIpc) is 3.02. The van der Waals surface area contributed by atoms with Crippen molar-refractivity contribution >= 4 is 65.8 Å². The minimum atomic E-state index is -4.50. The Labute approximate surface area is 248 Å². The molecule has 212 valence electrons. The van der Waals surface area contributed by atoms with Crippen LogP contribution in [0.1, 0.15) is 5.56 Å². The van der Waals surface area contributed by atoms with Crippen LogP contribution in [0.2, 0.25) is 0 Å². The van der Waals surface area contributed by atoms with Crippen molar-refractivity contribution in [2.45, 2.75) is 11.8 Å². The van der Waals surface area contributed by atoms with Crippen LogP contribution in [0.4, 0.5) is 34.1 Å². The van der Waals surface area contributed by atoms with Gasteiger partial charge < -0.3 is 11.5 Å². The van der Waals surface area contributed by atoms with Crippen molar-refractivity contribution < 1.29 is 13.0 Å². The third kappa shape index (κ3) is 5.56. The third-order valence-electron chi connectivity index (χ3n) is 7.19. The number of rotatable bonds is 6. The first-order valence-electron chi connectivity index (χ1n) is 13.3. The predicted octanol–water partition coefficient (Wildman–Crippen LogP) is 9.21. The second kappa shape index (κ2) is 11.1. The zero-order valence-electron chi connectivity index (χ0n) is 23.0. The Morgan fingerprint density at radius 3 is 1.47 bits per heavy atom. The van der Waals surface area contributed by atoms with Gasteiger partial charge in [0.15, 0.2) is 0 Å². The molecule has 43 heavy (non-hydrogen) atoms. The molecule has 0 aliphatic carbocycles. The van der Waals surface area contributed by atoms with Crippen LogP contribution in [-0.4, -0.2) is 13.0 Å². The molecule has 0 bridgehead atoms. The second-order valence-corrected chi connectivity index (χ2v) is 11.4. The number of fused-ring (bicyclic) bond motifs is 2. The highest BCUT2D eigenvalue weighted by Crippen LogP contribution is 2.37. The van der Waals surface area contributed by atoms with Crippen molar-refractivity contribution in [2.75, 3.05) is 11.5 Å². The summed E-state index contributed by atoms with van der Waals surface area (Å²) in [6.45, 7) is 2.03. The quantitative estimate of drug-likeness (QED) is 0.101. The van der Waals surface area contributed by atoms with Crippen LogP contribution >= 0.6 is 0 Å². The Kier molecular flexibility index (Phi) is 7.14. The van der Waals surface area contributed by atoms with E-state index < -0.39 is 10.1 Å². The maximum absolute atomic E-state index is 12.0. The molecule has 0 fully saturated rings. The number of nitrogen functional groups attached to an aromatic ring is 2. The molecule has 0 aliphatic heterocycles. The number of hydrogen-bond donors (Lipinski definition) is 3. The normalized spacial score (nSPS) is 12.1. The van der Waals surface area contributed by atoms with Gasteiger partial charge in [0.05, 0.1) is 22.7 Å². The largest absolute Gasteiger partial charge is 0.396 e. The van der Waals surface area contributed by atoms with E-state index in [1.54, 1.807) is 36.4 Å². The molecule has 6 aromatic carbocycles. The number of hydrogen-bond acceptors (Lipinski definition) is 8. The monoisotopic (exact) mass is 586 g/mol. The molecule has 0 amide bonds. The Bertz CT molecular complexity index is 2180. The summed E-state index contributed by atoms with van der Waals surface area (Å²) in [4.78, 5) is -0.277. The number of aryl methyl sites for hydroxylation is 1. The van der Waals surface area contributed by atoms with Gasteiger partial charge in [-0.15, -0.1) is 10.2 Å². The van der Waals surface area contributed by atoms with Gasteiger partial charge in [0.2, 0.25) is 0 Å². The minimum absolute atomic E-state index is 0.140. The lowest BCUT2D eigenvalue weighted by Gasteiger charge is -2.09. The van der Waals surface area contributed by atoms with Crippen LogP contribution in [0.3, 0.4) is 0 Å². The first-order chi connectivity index (χ1) is 20.7. The van der Waals surface area contributed by atoms with Gasteiger partial charge in [0, 0.05) is 16.2 Å². The van der Waals surface area contributed by atoms with Crippen LogP contribution in [0, 0.1) is 6.92 Å². The molecule has 6 rings (SSSR count). The Morgan fingerprint density at radius 1 is 0.558 bits per heavy atom. The van der Waals surface area contributed by atoms with Gasteiger partial charge in [-0.05, 0) is 65.4 Å². The summed E-state index contributed by atoms with van der Waals surface area (Å²) >= 11 is 0. The first-order valence-corrected chi connectivity index (χ1v) is 14.7. The maximum Gasteiger partial charge on any atom is 0.295 e. The van der Waals surface area contributed by atoms with Crippen molar-refractivity contribution in [2.24, 2.45) is 20.5 Å². The van der Waals surface area contributed by atoms with Gasteiger partial charge in [0.25, 0.3) is 10.1 Å². The zero-order valence-corrected chi connectivity index (χ0v) is 23.8. The average molecular weight is 587 g/mol. The second-order valence-electron chi connectivity index (χ2n) is 9.99. The molecule has 0 unspecified atom stereocenters. The minimum Gasteiger partial charge on any atom is -0.396 e. The van der Waals surface area contributed by atoms with E-state index >= 15 is 0 Å². The van der Waals surface area contributed by atoms with Crippen molar-refractivity contribution in [3.05, 3.63) is 115 Å². The molecule has 6 aromatic rings. The Morgan fingerprint density at radius 2 is 0.977 bits per heavy atom. The van der Waals surface area contributed by atoms with Gasteiger partial charge in [-0.1, -0.05) is 72.8 Å². The predicted molar refractivity (Wildman–Crippen MR) is 172 cm³/mol. The summed E-state index contributed by atoms with van der Waals surface area (Å²) in [5, 5.41) is 20.0. The molecule has 0 aliphatic rings. The summed E-state index contributed by atoms with van der Waals surface area (Å²) in [6, 6.07) is 32.8. The number of azo groups is 2. The lowest BCUT2D eigenvalue weighted by Crippen LogP contribution is -2.01. The van der Waals surface area contributed by atoms with Gasteiger partial charge in [-0.25, -0.2) is 0 Å². The van der Waals surface area contributed by atoms with Crippen molar-refractivity contribution in [3.63, 3.8) is 0 Å².